The molecular weight excluding hydrogens is 366 g/mol. The van der Waals surface area contributed by atoms with Gasteiger partial charge < -0.3 is 10.2 Å². The fraction of sp³-hybridized carbons (Fsp3) is 0.500. The van der Waals surface area contributed by atoms with Crippen molar-refractivity contribution in [3.63, 3.8) is 0 Å². The maximum Gasteiger partial charge on any atom is 0.203 e. The van der Waals surface area contributed by atoms with Gasteiger partial charge in [-0.1, -0.05) is 58.0 Å². The van der Waals surface area contributed by atoms with Crippen molar-refractivity contribution in [3.8, 4) is 11.5 Å². The quantitative estimate of drug-likeness (QED) is 0.303. The summed E-state index contributed by atoms with van der Waals surface area (Å²) >= 11 is 0. The van der Waals surface area contributed by atoms with Gasteiger partial charge in [-0.2, -0.15) is 0 Å². The molecule has 0 amide bonds. The highest BCUT2D eigenvalue weighted by Gasteiger charge is 2.30. The maximum atomic E-state index is 10.7. The number of nitro groups is 1. The van der Waals surface area contributed by atoms with Gasteiger partial charge in [0.2, 0.25) is 6.54 Å². The van der Waals surface area contributed by atoms with Gasteiger partial charge in [-0.05, 0) is 54.2 Å². The smallest absolute Gasteiger partial charge is 0.203 e. The van der Waals surface area contributed by atoms with Crippen molar-refractivity contribution >= 4 is 0 Å². The van der Waals surface area contributed by atoms with E-state index in [1.54, 1.807) is 12.1 Å². The van der Waals surface area contributed by atoms with Gasteiger partial charge in [0, 0.05) is 22.5 Å². The highest BCUT2D eigenvalue weighted by Crippen LogP contribution is 2.43. The maximum absolute atomic E-state index is 10.7. The molecule has 2 aromatic carbocycles. The summed E-state index contributed by atoms with van der Waals surface area (Å²) in [6.45, 7) is 7.93. The standard InChI is InChI=1S/C24H33NO4/c1-23(2,13-8-12-18-10-6-5-7-11-18)19-16-22(27)20(17-21(19)26)24(3,4)14-9-15-25(28)29/h5-7,10-11,16-17,26-27H,8-9,12-15H2,1-4H3. The predicted octanol–water partition coefficient (Wildman–Crippen LogP) is 5.73. The molecule has 29 heavy (non-hydrogen) atoms. The van der Waals surface area contributed by atoms with E-state index in [1.807, 2.05) is 32.0 Å². The Labute approximate surface area is 173 Å². The second-order valence-electron chi connectivity index (χ2n) is 9.15. The molecule has 0 aliphatic heterocycles. The van der Waals surface area contributed by atoms with Crippen LogP contribution in [0.5, 0.6) is 11.5 Å². The molecule has 0 heterocycles. The van der Waals surface area contributed by atoms with Crippen molar-refractivity contribution in [2.75, 3.05) is 6.54 Å². The Hall–Kier alpha value is -2.56. The summed E-state index contributed by atoms with van der Waals surface area (Å²) in [5, 5.41) is 32.0. The van der Waals surface area contributed by atoms with Gasteiger partial charge in [-0.25, -0.2) is 0 Å². The third kappa shape index (κ3) is 6.21. The molecule has 0 aromatic heterocycles. The van der Waals surface area contributed by atoms with Crippen molar-refractivity contribution in [1.29, 1.82) is 0 Å². The van der Waals surface area contributed by atoms with Gasteiger partial charge in [0.1, 0.15) is 11.5 Å². The summed E-state index contributed by atoms with van der Waals surface area (Å²) in [7, 11) is 0. The number of benzene rings is 2. The average Bonchev–Trinajstić information content (AvgIpc) is 2.63. The van der Waals surface area contributed by atoms with Crippen LogP contribution in [0.1, 0.15) is 70.1 Å². The second-order valence-corrected chi connectivity index (χ2v) is 9.15. The van der Waals surface area contributed by atoms with E-state index in [0.717, 1.165) is 24.8 Å². The molecule has 0 spiro atoms. The summed E-state index contributed by atoms with van der Waals surface area (Å²) in [5.41, 5.74) is 1.90. The Bertz CT molecular complexity index is 828. The molecule has 5 heteroatoms. The number of rotatable bonds is 10. The Morgan fingerprint density at radius 1 is 0.862 bits per heavy atom. The number of phenolic OH excluding ortho intramolecular Hbond substituents is 2. The zero-order valence-corrected chi connectivity index (χ0v) is 17.9. The Kier molecular flexibility index (Phi) is 7.28. The average molecular weight is 400 g/mol. The van der Waals surface area contributed by atoms with Crippen molar-refractivity contribution in [2.24, 2.45) is 0 Å². The van der Waals surface area contributed by atoms with E-state index in [9.17, 15) is 20.3 Å². The van der Waals surface area contributed by atoms with Crippen LogP contribution in [0, 0.1) is 10.1 Å². The zero-order chi connectivity index (χ0) is 21.7. The third-order valence-electron chi connectivity index (χ3n) is 5.82. The van der Waals surface area contributed by atoms with E-state index >= 15 is 0 Å². The van der Waals surface area contributed by atoms with E-state index < -0.39 is 5.41 Å². The van der Waals surface area contributed by atoms with Crippen LogP contribution in [0.2, 0.25) is 0 Å². The molecule has 2 aromatic rings. The molecule has 0 atom stereocenters. The molecular formula is C24H33NO4. The molecule has 0 fully saturated rings. The highest BCUT2D eigenvalue weighted by atomic mass is 16.6. The minimum atomic E-state index is -0.465. The second kappa shape index (κ2) is 9.29. The lowest BCUT2D eigenvalue weighted by molar-refractivity contribution is -0.480. The molecule has 0 saturated carbocycles. The van der Waals surface area contributed by atoms with Crippen LogP contribution in [-0.2, 0) is 17.3 Å². The number of aryl methyl sites for hydroxylation is 1. The molecule has 2 N–H and O–H groups in total. The monoisotopic (exact) mass is 399 g/mol. The van der Waals surface area contributed by atoms with Crippen molar-refractivity contribution in [2.45, 2.75) is 70.6 Å². The van der Waals surface area contributed by atoms with Crippen LogP contribution in [0.4, 0.5) is 0 Å². The van der Waals surface area contributed by atoms with Crippen molar-refractivity contribution in [1.82, 2.24) is 0 Å². The summed E-state index contributed by atoms with van der Waals surface area (Å²) < 4.78 is 0. The van der Waals surface area contributed by atoms with E-state index in [4.69, 9.17) is 0 Å². The minimum Gasteiger partial charge on any atom is -0.508 e. The SMILES string of the molecule is CC(C)(CCCc1ccccc1)c1cc(O)c(C(C)(C)CCC[N+](=O)[O-])cc1O. The lowest BCUT2D eigenvalue weighted by atomic mass is 9.75. The van der Waals surface area contributed by atoms with Crippen LogP contribution in [-0.4, -0.2) is 21.7 Å². The van der Waals surface area contributed by atoms with Gasteiger partial charge >= 0.3 is 0 Å². The lowest BCUT2D eigenvalue weighted by Gasteiger charge is -2.30. The zero-order valence-electron chi connectivity index (χ0n) is 17.9. The molecule has 2 rings (SSSR count). The van der Waals surface area contributed by atoms with Crippen LogP contribution in [0.25, 0.3) is 0 Å². The first-order valence-electron chi connectivity index (χ1n) is 10.3. The largest absolute Gasteiger partial charge is 0.508 e. The van der Waals surface area contributed by atoms with Crippen molar-refractivity contribution < 1.29 is 15.1 Å². The molecule has 0 radical (unpaired) electrons. The first-order valence-corrected chi connectivity index (χ1v) is 10.3. The van der Waals surface area contributed by atoms with Gasteiger partial charge in [0.15, 0.2) is 0 Å². The van der Waals surface area contributed by atoms with E-state index in [-0.39, 0.29) is 28.4 Å². The number of aromatic hydroxyl groups is 2. The predicted molar refractivity (Wildman–Crippen MR) is 116 cm³/mol. The third-order valence-corrected chi connectivity index (χ3v) is 5.82. The Morgan fingerprint density at radius 3 is 1.83 bits per heavy atom. The van der Waals surface area contributed by atoms with Crippen LogP contribution in [0.15, 0.2) is 42.5 Å². The molecule has 158 valence electrons. The summed E-state index contributed by atoms with van der Waals surface area (Å²) in [6.07, 6.45) is 3.80. The van der Waals surface area contributed by atoms with Crippen LogP contribution in [0.3, 0.4) is 0 Å². The lowest BCUT2D eigenvalue weighted by Crippen LogP contribution is -2.21. The Balaban J connectivity index is 2.12. The topological polar surface area (TPSA) is 83.6 Å². The molecule has 0 unspecified atom stereocenters. The van der Waals surface area contributed by atoms with Gasteiger partial charge in [0.25, 0.3) is 0 Å². The summed E-state index contributed by atoms with van der Waals surface area (Å²) in [6, 6.07) is 13.6. The molecule has 0 aliphatic carbocycles. The number of hydrogen-bond donors (Lipinski definition) is 2. The van der Waals surface area contributed by atoms with Crippen LogP contribution < -0.4 is 0 Å². The van der Waals surface area contributed by atoms with Gasteiger partial charge in [0.05, 0.1) is 0 Å². The van der Waals surface area contributed by atoms with Crippen LogP contribution >= 0.6 is 0 Å². The molecule has 0 aliphatic rings. The number of nitrogens with zero attached hydrogens (tertiary/aromatic N) is 1. The van der Waals surface area contributed by atoms with E-state index in [1.165, 1.54) is 5.56 Å². The Morgan fingerprint density at radius 2 is 1.34 bits per heavy atom. The summed E-state index contributed by atoms with van der Waals surface area (Å²) in [5.74, 6) is 0.310. The first-order chi connectivity index (χ1) is 13.5. The molecule has 0 saturated heterocycles. The number of phenols is 2. The van der Waals surface area contributed by atoms with E-state index in [0.29, 0.717) is 18.4 Å². The highest BCUT2D eigenvalue weighted by molar-refractivity contribution is 5.50. The van der Waals surface area contributed by atoms with Gasteiger partial charge in [-0.3, -0.25) is 10.1 Å². The van der Waals surface area contributed by atoms with Crippen molar-refractivity contribution in [3.05, 3.63) is 69.3 Å². The first kappa shape index (κ1) is 22.7. The fourth-order valence-corrected chi connectivity index (χ4v) is 3.96. The minimum absolute atomic E-state index is 0.0945. The molecule has 5 nitrogen and oxygen atoms in total. The molecule has 0 bridgehead atoms. The number of hydrogen-bond acceptors (Lipinski definition) is 4. The van der Waals surface area contributed by atoms with Gasteiger partial charge in [-0.15, -0.1) is 0 Å². The fourth-order valence-electron chi connectivity index (χ4n) is 3.96. The van der Waals surface area contributed by atoms with E-state index in [2.05, 4.69) is 26.0 Å². The summed E-state index contributed by atoms with van der Waals surface area (Å²) in [4.78, 5) is 10.3. The normalized spacial score (nSPS) is 12.1.